The Hall–Kier alpha value is -0.860. The van der Waals surface area contributed by atoms with Crippen LogP contribution in [0.2, 0.25) is 0 Å². The number of aliphatic hydroxyl groups excluding tert-OH is 1. The lowest BCUT2D eigenvalue weighted by Gasteiger charge is -2.39. The van der Waals surface area contributed by atoms with E-state index in [0.717, 1.165) is 24.4 Å². The van der Waals surface area contributed by atoms with Crippen molar-refractivity contribution in [1.29, 1.82) is 0 Å². The first-order chi connectivity index (χ1) is 9.20. The Balaban J connectivity index is 1.82. The summed E-state index contributed by atoms with van der Waals surface area (Å²) in [6.07, 6.45) is 3.36. The van der Waals surface area contributed by atoms with Crippen LogP contribution in [0.5, 0.6) is 0 Å². The molecule has 4 unspecified atom stereocenters. The quantitative estimate of drug-likeness (QED) is 0.880. The molecular formula is C17H25NO. The maximum atomic E-state index is 10.7. The Bertz CT molecular complexity index is 445. The van der Waals surface area contributed by atoms with Crippen molar-refractivity contribution in [3.63, 3.8) is 0 Å². The molecule has 0 aromatic heterocycles. The molecule has 4 atom stereocenters. The molecule has 1 aromatic rings. The zero-order chi connectivity index (χ0) is 13.4. The fourth-order valence-electron chi connectivity index (χ4n) is 3.90. The number of hydrogen-bond acceptors (Lipinski definition) is 2. The van der Waals surface area contributed by atoms with Gasteiger partial charge in [0.25, 0.3) is 0 Å². The van der Waals surface area contributed by atoms with Crippen LogP contribution >= 0.6 is 0 Å². The molecule has 1 aromatic carbocycles. The molecule has 0 amide bonds. The van der Waals surface area contributed by atoms with Crippen molar-refractivity contribution >= 4 is 0 Å². The topological polar surface area (TPSA) is 23.5 Å². The third-order valence-corrected chi connectivity index (χ3v) is 5.17. The maximum Gasteiger partial charge on any atom is 0.0948 e. The lowest BCUT2D eigenvalue weighted by molar-refractivity contribution is 0.0417. The van der Waals surface area contributed by atoms with Crippen molar-refractivity contribution in [2.75, 3.05) is 13.1 Å². The first-order valence-electron chi connectivity index (χ1n) is 7.71. The standard InChI is InChI=1S/C17H25NO/c1-3-13-8-9-18(11-13)16-10-12(2)14-6-4-5-7-15(14)17(16)19/h4-7,12-13,16-17,19H,3,8-11H2,1-2H3. The van der Waals surface area contributed by atoms with Gasteiger partial charge in [-0.2, -0.15) is 0 Å². The van der Waals surface area contributed by atoms with E-state index in [0.29, 0.717) is 12.0 Å². The zero-order valence-electron chi connectivity index (χ0n) is 12.0. The average molecular weight is 259 g/mol. The summed E-state index contributed by atoms with van der Waals surface area (Å²) >= 11 is 0. The molecule has 2 nitrogen and oxygen atoms in total. The van der Waals surface area contributed by atoms with E-state index in [4.69, 9.17) is 0 Å². The smallest absolute Gasteiger partial charge is 0.0948 e. The van der Waals surface area contributed by atoms with Gasteiger partial charge in [0, 0.05) is 12.6 Å². The van der Waals surface area contributed by atoms with Crippen LogP contribution < -0.4 is 0 Å². The highest BCUT2D eigenvalue weighted by molar-refractivity contribution is 5.35. The summed E-state index contributed by atoms with van der Waals surface area (Å²) in [5.41, 5.74) is 2.50. The molecule has 1 saturated heterocycles. The van der Waals surface area contributed by atoms with Gasteiger partial charge in [-0.3, -0.25) is 4.90 Å². The second-order valence-corrected chi connectivity index (χ2v) is 6.34. The zero-order valence-corrected chi connectivity index (χ0v) is 12.0. The number of nitrogens with zero attached hydrogens (tertiary/aromatic N) is 1. The Morgan fingerprint density at radius 2 is 2.00 bits per heavy atom. The van der Waals surface area contributed by atoms with Crippen LogP contribution in [0.3, 0.4) is 0 Å². The van der Waals surface area contributed by atoms with Gasteiger partial charge >= 0.3 is 0 Å². The number of likely N-dealkylation sites (tertiary alicyclic amines) is 1. The minimum atomic E-state index is -0.303. The van der Waals surface area contributed by atoms with Gasteiger partial charge in [0.15, 0.2) is 0 Å². The number of benzene rings is 1. The molecule has 2 heteroatoms. The van der Waals surface area contributed by atoms with Crippen molar-refractivity contribution in [3.05, 3.63) is 35.4 Å². The fourth-order valence-corrected chi connectivity index (χ4v) is 3.90. The molecule has 3 rings (SSSR count). The monoisotopic (exact) mass is 259 g/mol. The van der Waals surface area contributed by atoms with Gasteiger partial charge in [-0.25, -0.2) is 0 Å². The minimum absolute atomic E-state index is 0.303. The predicted octanol–water partition coefficient (Wildman–Crippen LogP) is 3.33. The van der Waals surface area contributed by atoms with Crippen molar-refractivity contribution < 1.29 is 5.11 Å². The number of aliphatic hydroxyl groups is 1. The van der Waals surface area contributed by atoms with Gasteiger partial charge in [0.05, 0.1) is 6.10 Å². The molecule has 0 bridgehead atoms. The van der Waals surface area contributed by atoms with E-state index in [-0.39, 0.29) is 6.10 Å². The van der Waals surface area contributed by atoms with Crippen LogP contribution in [0.15, 0.2) is 24.3 Å². The lowest BCUT2D eigenvalue weighted by atomic mass is 9.79. The molecule has 1 aliphatic carbocycles. The van der Waals surface area contributed by atoms with Gasteiger partial charge < -0.3 is 5.11 Å². The number of rotatable bonds is 2. The van der Waals surface area contributed by atoms with E-state index in [1.165, 1.54) is 24.9 Å². The molecule has 19 heavy (non-hydrogen) atoms. The summed E-state index contributed by atoms with van der Waals surface area (Å²) in [5.74, 6) is 1.39. The Morgan fingerprint density at radius 1 is 1.26 bits per heavy atom. The van der Waals surface area contributed by atoms with Gasteiger partial charge in [-0.05, 0) is 42.3 Å². The SMILES string of the molecule is CCC1CCN(C2CC(C)c3ccccc3C2O)C1. The summed E-state index contributed by atoms with van der Waals surface area (Å²) < 4.78 is 0. The molecule has 0 spiro atoms. The number of hydrogen-bond donors (Lipinski definition) is 1. The van der Waals surface area contributed by atoms with Crippen molar-refractivity contribution in [2.24, 2.45) is 5.92 Å². The van der Waals surface area contributed by atoms with Crippen molar-refractivity contribution in [2.45, 2.75) is 51.2 Å². The highest BCUT2D eigenvalue weighted by atomic mass is 16.3. The highest BCUT2D eigenvalue weighted by Crippen LogP contribution is 2.41. The summed E-state index contributed by atoms with van der Waals surface area (Å²) in [7, 11) is 0. The largest absolute Gasteiger partial charge is 0.387 e. The van der Waals surface area contributed by atoms with Crippen molar-refractivity contribution in [3.8, 4) is 0 Å². The Kier molecular flexibility index (Phi) is 3.64. The molecule has 0 saturated carbocycles. The van der Waals surface area contributed by atoms with Crippen LogP contribution in [0.1, 0.15) is 56.3 Å². The van der Waals surface area contributed by atoms with E-state index in [1.54, 1.807) is 0 Å². The molecule has 1 N–H and O–H groups in total. The first-order valence-corrected chi connectivity index (χ1v) is 7.71. The summed E-state index contributed by atoms with van der Waals surface area (Å²) in [6, 6.07) is 8.75. The third kappa shape index (κ3) is 2.32. The van der Waals surface area contributed by atoms with Crippen LogP contribution in [-0.2, 0) is 0 Å². The van der Waals surface area contributed by atoms with Crippen LogP contribution in [-0.4, -0.2) is 29.1 Å². The molecule has 1 aliphatic heterocycles. The molecule has 104 valence electrons. The van der Waals surface area contributed by atoms with Gasteiger partial charge in [-0.1, -0.05) is 44.5 Å². The Labute approximate surface area is 116 Å². The highest BCUT2D eigenvalue weighted by Gasteiger charge is 2.37. The molecule has 2 aliphatic rings. The van der Waals surface area contributed by atoms with Gasteiger partial charge in [0.1, 0.15) is 0 Å². The van der Waals surface area contributed by atoms with E-state index < -0.39 is 0 Å². The molecule has 0 radical (unpaired) electrons. The summed E-state index contributed by atoms with van der Waals surface area (Å²) in [5, 5.41) is 10.7. The second kappa shape index (κ2) is 5.26. The molecular weight excluding hydrogens is 234 g/mol. The maximum absolute atomic E-state index is 10.7. The normalized spacial score (nSPS) is 35.3. The summed E-state index contributed by atoms with van der Waals surface area (Å²) in [4.78, 5) is 2.53. The van der Waals surface area contributed by atoms with E-state index >= 15 is 0 Å². The molecule has 1 heterocycles. The minimum Gasteiger partial charge on any atom is -0.387 e. The number of fused-ring (bicyclic) bond motifs is 1. The van der Waals surface area contributed by atoms with Crippen LogP contribution in [0.25, 0.3) is 0 Å². The Morgan fingerprint density at radius 3 is 2.68 bits per heavy atom. The van der Waals surface area contributed by atoms with E-state index in [2.05, 4.69) is 43.0 Å². The van der Waals surface area contributed by atoms with Crippen LogP contribution in [0.4, 0.5) is 0 Å². The second-order valence-electron chi connectivity index (χ2n) is 6.34. The van der Waals surface area contributed by atoms with Crippen LogP contribution in [0, 0.1) is 5.92 Å². The van der Waals surface area contributed by atoms with Crippen molar-refractivity contribution in [1.82, 2.24) is 4.90 Å². The average Bonchev–Trinajstić information content (AvgIpc) is 2.91. The fraction of sp³-hybridized carbons (Fsp3) is 0.647. The van der Waals surface area contributed by atoms with E-state index in [1.807, 2.05) is 0 Å². The predicted molar refractivity (Wildman–Crippen MR) is 78.2 cm³/mol. The van der Waals surface area contributed by atoms with E-state index in [9.17, 15) is 5.11 Å². The third-order valence-electron chi connectivity index (χ3n) is 5.17. The summed E-state index contributed by atoms with van der Waals surface area (Å²) in [6.45, 7) is 6.91. The van der Waals surface area contributed by atoms with Gasteiger partial charge in [0.2, 0.25) is 0 Å². The molecule has 1 fully saturated rings. The first kappa shape index (κ1) is 13.1. The van der Waals surface area contributed by atoms with Gasteiger partial charge in [-0.15, -0.1) is 0 Å². The lowest BCUT2D eigenvalue weighted by Crippen LogP contribution is -2.41.